The molecule has 1 aliphatic heterocycles. The van der Waals surface area contributed by atoms with Crippen LogP contribution in [0.2, 0.25) is 5.02 Å². The minimum atomic E-state index is 0.553. The first-order valence-corrected chi connectivity index (χ1v) is 7.23. The van der Waals surface area contributed by atoms with Gasteiger partial charge in [-0.2, -0.15) is 0 Å². The molecule has 4 heteroatoms. The van der Waals surface area contributed by atoms with Crippen LogP contribution >= 0.6 is 11.6 Å². The number of halogens is 1. The summed E-state index contributed by atoms with van der Waals surface area (Å²) < 4.78 is 5.38. The van der Waals surface area contributed by atoms with Gasteiger partial charge in [-0.05, 0) is 38.1 Å². The van der Waals surface area contributed by atoms with Crippen molar-refractivity contribution >= 4 is 11.6 Å². The molecule has 3 nitrogen and oxygen atoms in total. The molecular formula is C15H23ClN2O. The summed E-state index contributed by atoms with van der Waals surface area (Å²) in [7, 11) is 3.87. The van der Waals surface area contributed by atoms with Crippen LogP contribution in [-0.4, -0.2) is 38.2 Å². The zero-order valence-corrected chi connectivity index (χ0v) is 12.7. The van der Waals surface area contributed by atoms with Crippen LogP contribution in [0.5, 0.6) is 5.75 Å². The fraction of sp³-hybridized carbons (Fsp3) is 0.600. The Balaban J connectivity index is 1.99. The van der Waals surface area contributed by atoms with Crippen LogP contribution in [-0.2, 0) is 6.54 Å². The van der Waals surface area contributed by atoms with E-state index in [0.29, 0.717) is 12.0 Å². The average molecular weight is 283 g/mol. The standard InChI is InChI=1S/C15H23ClN2O/c1-11-10-18(2)8-7-14(11)17-9-12-13(16)5-4-6-15(12)19-3/h4-6,11,14,17H,7-10H2,1-3H3. The van der Waals surface area contributed by atoms with E-state index >= 15 is 0 Å². The molecule has 1 fully saturated rings. The molecule has 0 aromatic heterocycles. The van der Waals surface area contributed by atoms with E-state index in [2.05, 4.69) is 24.2 Å². The Morgan fingerprint density at radius 2 is 2.26 bits per heavy atom. The SMILES string of the molecule is COc1cccc(Cl)c1CNC1CCN(C)CC1C. The number of likely N-dealkylation sites (tertiary alicyclic amines) is 1. The lowest BCUT2D eigenvalue weighted by Crippen LogP contribution is -2.46. The molecule has 2 atom stereocenters. The maximum Gasteiger partial charge on any atom is 0.124 e. The van der Waals surface area contributed by atoms with Gasteiger partial charge in [-0.25, -0.2) is 0 Å². The maximum absolute atomic E-state index is 6.26. The predicted molar refractivity (Wildman–Crippen MR) is 79.9 cm³/mol. The minimum absolute atomic E-state index is 0.553. The Labute approximate surface area is 120 Å². The number of nitrogens with zero attached hydrogens (tertiary/aromatic N) is 1. The Morgan fingerprint density at radius 1 is 1.47 bits per heavy atom. The highest BCUT2D eigenvalue weighted by Gasteiger charge is 2.24. The number of nitrogens with one attached hydrogen (secondary N) is 1. The third kappa shape index (κ3) is 3.62. The van der Waals surface area contributed by atoms with Gasteiger partial charge >= 0.3 is 0 Å². The summed E-state index contributed by atoms with van der Waals surface area (Å²) in [5.74, 6) is 1.52. The molecule has 0 aliphatic carbocycles. The van der Waals surface area contributed by atoms with Crippen LogP contribution in [0.25, 0.3) is 0 Å². The molecule has 1 aliphatic rings. The van der Waals surface area contributed by atoms with E-state index in [0.717, 1.165) is 36.0 Å². The summed E-state index contributed by atoms with van der Waals surface area (Å²) in [5.41, 5.74) is 1.05. The Bertz CT molecular complexity index is 425. The summed E-state index contributed by atoms with van der Waals surface area (Å²) in [6, 6.07) is 6.35. The van der Waals surface area contributed by atoms with E-state index in [1.54, 1.807) is 7.11 Å². The molecule has 19 heavy (non-hydrogen) atoms. The van der Waals surface area contributed by atoms with Gasteiger partial charge in [0.15, 0.2) is 0 Å². The summed E-state index contributed by atoms with van der Waals surface area (Å²) in [6.07, 6.45) is 1.18. The number of rotatable bonds is 4. The zero-order valence-electron chi connectivity index (χ0n) is 11.9. The van der Waals surface area contributed by atoms with Crippen LogP contribution in [0.3, 0.4) is 0 Å². The summed E-state index contributed by atoms with van der Waals surface area (Å²) in [6.45, 7) is 5.37. The average Bonchev–Trinajstić information content (AvgIpc) is 2.39. The van der Waals surface area contributed by atoms with E-state index in [9.17, 15) is 0 Å². The van der Waals surface area contributed by atoms with Crippen LogP contribution in [0.15, 0.2) is 18.2 Å². The number of hydrogen-bond donors (Lipinski definition) is 1. The summed E-state index contributed by atoms with van der Waals surface area (Å²) in [4.78, 5) is 2.39. The normalized spacial score (nSPS) is 24.4. The van der Waals surface area contributed by atoms with Crippen LogP contribution in [0.1, 0.15) is 18.9 Å². The molecule has 1 saturated heterocycles. The fourth-order valence-corrected chi connectivity index (χ4v) is 3.02. The largest absolute Gasteiger partial charge is 0.496 e. The monoisotopic (exact) mass is 282 g/mol. The third-order valence-electron chi connectivity index (χ3n) is 3.95. The van der Waals surface area contributed by atoms with E-state index in [4.69, 9.17) is 16.3 Å². The van der Waals surface area contributed by atoms with E-state index in [-0.39, 0.29) is 0 Å². The van der Waals surface area contributed by atoms with Gasteiger partial charge in [0.05, 0.1) is 7.11 Å². The quantitative estimate of drug-likeness (QED) is 0.919. The smallest absolute Gasteiger partial charge is 0.124 e. The maximum atomic E-state index is 6.26. The highest BCUT2D eigenvalue weighted by molar-refractivity contribution is 6.31. The highest BCUT2D eigenvalue weighted by atomic mass is 35.5. The van der Waals surface area contributed by atoms with Crippen molar-refractivity contribution in [1.82, 2.24) is 10.2 Å². The van der Waals surface area contributed by atoms with E-state index in [1.165, 1.54) is 6.42 Å². The van der Waals surface area contributed by atoms with Crippen LogP contribution in [0.4, 0.5) is 0 Å². The van der Waals surface area contributed by atoms with Crippen LogP contribution in [0, 0.1) is 5.92 Å². The number of ether oxygens (including phenoxy) is 1. The molecule has 1 N–H and O–H groups in total. The predicted octanol–water partition coefficient (Wildman–Crippen LogP) is 2.78. The second-order valence-electron chi connectivity index (χ2n) is 5.44. The molecule has 106 valence electrons. The molecule has 2 rings (SSSR count). The Hall–Kier alpha value is -0.770. The number of hydrogen-bond acceptors (Lipinski definition) is 3. The Kier molecular flexibility index (Phi) is 5.08. The lowest BCUT2D eigenvalue weighted by atomic mass is 9.94. The molecule has 0 bridgehead atoms. The minimum Gasteiger partial charge on any atom is -0.496 e. The number of piperidine rings is 1. The lowest BCUT2D eigenvalue weighted by Gasteiger charge is -2.35. The van der Waals surface area contributed by atoms with Crippen molar-refractivity contribution in [2.75, 3.05) is 27.2 Å². The first-order valence-electron chi connectivity index (χ1n) is 6.85. The molecule has 1 heterocycles. The molecule has 0 amide bonds. The van der Waals surface area contributed by atoms with E-state index < -0.39 is 0 Å². The zero-order chi connectivity index (χ0) is 13.8. The van der Waals surface area contributed by atoms with Gasteiger partial charge in [0.25, 0.3) is 0 Å². The molecule has 2 unspecified atom stereocenters. The summed E-state index contributed by atoms with van der Waals surface area (Å²) in [5, 5.41) is 4.40. The second kappa shape index (κ2) is 6.60. The van der Waals surface area contributed by atoms with Gasteiger partial charge in [0.2, 0.25) is 0 Å². The second-order valence-corrected chi connectivity index (χ2v) is 5.84. The first kappa shape index (κ1) is 14.6. The van der Waals surface area contributed by atoms with Crippen molar-refractivity contribution in [2.45, 2.75) is 25.9 Å². The van der Waals surface area contributed by atoms with Crippen molar-refractivity contribution in [3.8, 4) is 5.75 Å². The van der Waals surface area contributed by atoms with Gasteiger partial charge in [0.1, 0.15) is 5.75 Å². The molecule has 1 aromatic carbocycles. The summed E-state index contributed by atoms with van der Waals surface area (Å²) >= 11 is 6.26. The molecule has 0 spiro atoms. The van der Waals surface area contributed by atoms with Gasteiger partial charge in [-0.1, -0.05) is 24.6 Å². The number of methoxy groups -OCH3 is 1. The number of benzene rings is 1. The topological polar surface area (TPSA) is 24.5 Å². The lowest BCUT2D eigenvalue weighted by molar-refractivity contribution is 0.174. The molecular weight excluding hydrogens is 260 g/mol. The van der Waals surface area contributed by atoms with Crippen molar-refractivity contribution in [1.29, 1.82) is 0 Å². The molecule has 1 aromatic rings. The van der Waals surface area contributed by atoms with Crippen LogP contribution < -0.4 is 10.1 Å². The highest BCUT2D eigenvalue weighted by Crippen LogP contribution is 2.26. The Morgan fingerprint density at radius 3 is 2.95 bits per heavy atom. The van der Waals surface area contributed by atoms with Gasteiger partial charge in [0, 0.05) is 29.7 Å². The van der Waals surface area contributed by atoms with Crippen molar-refractivity contribution in [2.24, 2.45) is 5.92 Å². The molecule has 0 radical (unpaired) electrons. The van der Waals surface area contributed by atoms with Crippen molar-refractivity contribution < 1.29 is 4.74 Å². The fourth-order valence-electron chi connectivity index (χ4n) is 2.79. The van der Waals surface area contributed by atoms with Crippen molar-refractivity contribution in [3.05, 3.63) is 28.8 Å². The van der Waals surface area contributed by atoms with Gasteiger partial charge in [-0.15, -0.1) is 0 Å². The van der Waals surface area contributed by atoms with Gasteiger partial charge < -0.3 is 15.0 Å². The van der Waals surface area contributed by atoms with E-state index in [1.807, 2.05) is 18.2 Å². The van der Waals surface area contributed by atoms with Gasteiger partial charge in [-0.3, -0.25) is 0 Å². The molecule has 0 saturated carbocycles. The third-order valence-corrected chi connectivity index (χ3v) is 4.30. The first-order chi connectivity index (χ1) is 9.11. The van der Waals surface area contributed by atoms with Crippen molar-refractivity contribution in [3.63, 3.8) is 0 Å².